The van der Waals surface area contributed by atoms with Crippen molar-refractivity contribution in [1.29, 1.82) is 0 Å². The van der Waals surface area contributed by atoms with Gasteiger partial charge >= 0.3 is 6.09 Å². The predicted molar refractivity (Wildman–Crippen MR) is 73.5 cm³/mol. The third-order valence-corrected chi connectivity index (χ3v) is 2.61. The standard InChI is InChI=1S/C13H20N4O3/c1-13(2,3)20-12(18)17-11-15-6-9(7-16-11)10-8-19-5-4-14-10/h6-7,10,14H,4-5,8H2,1-3H3,(H,15,16,17,18). The highest BCUT2D eigenvalue weighted by molar-refractivity contribution is 5.82. The molecule has 0 bridgehead atoms. The first-order chi connectivity index (χ1) is 9.44. The molecule has 1 amide bonds. The molecule has 0 spiro atoms. The fraction of sp³-hybridized carbons (Fsp3) is 0.615. The molecule has 7 heteroatoms. The van der Waals surface area contributed by atoms with E-state index in [1.165, 1.54) is 0 Å². The van der Waals surface area contributed by atoms with Crippen LogP contribution in [0, 0.1) is 0 Å². The maximum atomic E-state index is 11.6. The molecule has 0 aliphatic carbocycles. The summed E-state index contributed by atoms with van der Waals surface area (Å²) < 4.78 is 10.5. The molecule has 1 saturated heterocycles. The van der Waals surface area contributed by atoms with Crippen molar-refractivity contribution in [3.8, 4) is 0 Å². The van der Waals surface area contributed by atoms with Gasteiger partial charge in [0.25, 0.3) is 0 Å². The number of nitrogens with one attached hydrogen (secondary N) is 2. The summed E-state index contributed by atoms with van der Waals surface area (Å²) in [5, 5.41) is 5.80. The van der Waals surface area contributed by atoms with E-state index >= 15 is 0 Å². The molecule has 20 heavy (non-hydrogen) atoms. The molecule has 1 aromatic heterocycles. The average molecular weight is 280 g/mol. The van der Waals surface area contributed by atoms with Crippen LogP contribution >= 0.6 is 0 Å². The van der Waals surface area contributed by atoms with Gasteiger partial charge in [-0.1, -0.05) is 0 Å². The maximum absolute atomic E-state index is 11.6. The highest BCUT2D eigenvalue weighted by Crippen LogP contribution is 2.15. The topological polar surface area (TPSA) is 85.4 Å². The van der Waals surface area contributed by atoms with Crippen LogP contribution in [0.25, 0.3) is 0 Å². The molecule has 0 radical (unpaired) electrons. The lowest BCUT2D eigenvalue weighted by atomic mass is 10.1. The van der Waals surface area contributed by atoms with E-state index in [4.69, 9.17) is 9.47 Å². The van der Waals surface area contributed by atoms with Crippen molar-refractivity contribution in [1.82, 2.24) is 15.3 Å². The normalized spacial score (nSPS) is 19.4. The lowest BCUT2D eigenvalue weighted by molar-refractivity contribution is 0.0634. The Morgan fingerprint density at radius 2 is 2.15 bits per heavy atom. The second kappa shape index (κ2) is 6.15. The average Bonchev–Trinajstić information content (AvgIpc) is 2.38. The number of carbonyl (C=O) groups is 1. The number of amides is 1. The third-order valence-electron chi connectivity index (χ3n) is 2.61. The number of nitrogens with zero attached hydrogens (tertiary/aromatic N) is 2. The summed E-state index contributed by atoms with van der Waals surface area (Å²) in [6.45, 7) is 7.52. The summed E-state index contributed by atoms with van der Waals surface area (Å²) >= 11 is 0. The van der Waals surface area contributed by atoms with Gasteiger partial charge in [0.15, 0.2) is 0 Å². The van der Waals surface area contributed by atoms with Crippen LogP contribution in [0.1, 0.15) is 32.4 Å². The Balaban J connectivity index is 1.92. The number of anilines is 1. The summed E-state index contributed by atoms with van der Waals surface area (Å²) in [6.07, 6.45) is 2.78. The first kappa shape index (κ1) is 14.7. The summed E-state index contributed by atoms with van der Waals surface area (Å²) in [5.41, 5.74) is 0.382. The quantitative estimate of drug-likeness (QED) is 0.853. The summed E-state index contributed by atoms with van der Waals surface area (Å²) in [5.74, 6) is 0.222. The summed E-state index contributed by atoms with van der Waals surface area (Å²) in [6, 6.07) is 0.0966. The van der Waals surface area contributed by atoms with E-state index in [0.29, 0.717) is 6.61 Å². The van der Waals surface area contributed by atoms with Crippen molar-refractivity contribution in [2.45, 2.75) is 32.4 Å². The lowest BCUT2D eigenvalue weighted by Gasteiger charge is -2.23. The van der Waals surface area contributed by atoms with Gasteiger partial charge in [0.1, 0.15) is 5.60 Å². The van der Waals surface area contributed by atoms with Crippen molar-refractivity contribution in [3.05, 3.63) is 18.0 Å². The van der Waals surface area contributed by atoms with Crippen LogP contribution in [0.3, 0.4) is 0 Å². The highest BCUT2D eigenvalue weighted by Gasteiger charge is 2.18. The van der Waals surface area contributed by atoms with Gasteiger partial charge in [-0.15, -0.1) is 0 Å². The van der Waals surface area contributed by atoms with Gasteiger partial charge in [-0.2, -0.15) is 0 Å². The molecule has 7 nitrogen and oxygen atoms in total. The number of rotatable bonds is 2. The van der Waals surface area contributed by atoms with E-state index in [1.807, 2.05) is 0 Å². The van der Waals surface area contributed by atoms with Crippen molar-refractivity contribution in [2.24, 2.45) is 0 Å². The molecule has 2 heterocycles. The van der Waals surface area contributed by atoms with Crippen LogP contribution in [-0.2, 0) is 9.47 Å². The molecule has 1 fully saturated rings. The minimum Gasteiger partial charge on any atom is -0.444 e. The molecular formula is C13H20N4O3. The Labute approximate surface area is 118 Å². The molecule has 110 valence electrons. The number of morpholine rings is 1. The Morgan fingerprint density at radius 1 is 1.45 bits per heavy atom. The molecule has 2 rings (SSSR count). The Hall–Kier alpha value is -1.73. The van der Waals surface area contributed by atoms with Crippen LogP contribution in [0.15, 0.2) is 12.4 Å². The van der Waals surface area contributed by atoms with E-state index in [1.54, 1.807) is 33.2 Å². The van der Waals surface area contributed by atoms with Crippen molar-refractivity contribution >= 4 is 12.0 Å². The molecule has 2 N–H and O–H groups in total. The minimum absolute atomic E-state index is 0.0966. The number of hydrogen-bond acceptors (Lipinski definition) is 6. The Morgan fingerprint density at radius 3 is 2.70 bits per heavy atom. The number of ether oxygens (including phenoxy) is 2. The van der Waals surface area contributed by atoms with E-state index < -0.39 is 11.7 Å². The third kappa shape index (κ3) is 4.43. The first-order valence-electron chi connectivity index (χ1n) is 6.57. The van der Waals surface area contributed by atoms with Crippen molar-refractivity contribution in [3.63, 3.8) is 0 Å². The van der Waals surface area contributed by atoms with E-state index in [2.05, 4.69) is 20.6 Å². The zero-order valence-corrected chi connectivity index (χ0v) is 12.0. The lowest BCUT2D eigenvalue weighted by Crippen LogP contribution is -2.34. The SMILES string of the molecule is CC(C)(C)OC(=O)Nc1ncc(C2COCCN2)cn1. The summed E-state index contributed by atoms with van der Waals surface area (Å²) in [4.78, 5) is 19.8. The second-order valence-electron chi connectivity index (χ2n) is 5.55. The van der Waals surface area contributed by atoms with Crippen LogP contribution in [0.2, 0.25) is 0 Å². The van der Waals surface area contributed by atoms with Gasteiger partial charge in [0.2, 0.25) is 5.95 Å². The van der Waals surface area contributed by atoms with Gasteiger partial charge in [-0.25, -0.2) is 14.8 Å². The highest BCUT2D eigenvalue weighted by atomic mass is 16.6. The van der Waals surface area contributed by atoms with E-state index in [-0.39, 0.29) is 12.0 Å². The number of aromatic nitrogens is 2. The molecule has 1 aromatic rings. The number of carbonyl (C=O) groups excluding carboxylic acids is 1. The predicted octanol–water partition coefficient (Wildman–Crippen LogP) is 1.48. The van der Waals surface area contributed by atoms with Crippen LogP contribution in [-0.4, -0.2) is 41.4 Å². The smallest absolute Gasteiger partial charge is 0.414 e. The Bertz CT molecular complexity index is 450. The Kier molecular flexibility index (Phi) is 4.51. The van der Waals surface area contributed by atoms with E-state index in [9.17, 15) is 4.79 Å². The fourth-order valence-corrected chi connectivity index (χ4v) is 1.76. The van der Waals surface area contributed by atoms with Crippen LogP contribution < -0.4 is 10.6 Å². The van der Waals surface area contributed by atoms with Crippen molar-refractivity contribution < 1.29 is 14.3 Å². The molecule has 1 unspecified atom stereocenters. The number of hydrogen-bond donors (Lipinski definition) is 2. The summed E-state index contributed by atoms with van der Waals surface area (Å²) in [7, 11) is 0. The molecule has 0 aromatic carbocycles. The van der Waals surface area contributed by atoms with Gasteiger partial charge in [0.05, 0.1) is 19.3 Å². The largest absolute Gasteiger partial charge is 0.444 e. The minimum atomic E-state index is -0.565. The van der Waals surface area contributed by atoms with Gasteiger partial charge < -0.3 is 14.8 Å². The van der Waals surface area contributed by atoms with Crippen LogP contribution in [0.4, 0.5) is 10.7 Å². The fourth-order valence-electron chi connectivity index (χ4n) is 1.76. The molecular weight excluding hydrogens is 260 g/mol. The molecule has 1 aliphatic heterocycles. The first-order valence-corrected chi connectivity index (χ1v) is 6.57. The van der Waals surface area contributed by atoms with Gasteiger partial charge in [0, 0.05) is 24.5 Å². The maximum Gasteiger partial charge on any atom is 0.414 e. The zero-order valence-electron chi connectivity index (χ0n) is 12.0. The molecule has 1 atom stereocenters. The van der Waals surface area contributed by atoms with Crippen LogP contribution in [0.5, 0.6) is 0 Å². The zero-order chi connectivity index (χ0) is 14.6. The van der Waals surface area contributed by atoms with E-state index in [0.717, 1.165) is 18.7 Å². The van der Waals surface area contributed by atoms with Gasteiger partial charge in [-0.3, -0.25) is 5.32 Å². The molecule has 1 aliphatic rings. The van der Waals surface area contributed by atoms with Crippen molar-refractivity contribution in [2.75, 3.05) is 25.1 Å². The van der Waals surface area contributed by atoms with Gasteiger partial charge in [-0.05, 0) is 20.8 Å². The monoisotopic (exact) mass is 280 g/mol. The molecule has 0 saturated carbocycles. The second-order valence-corrected chi connectivity index (χ2v) is 5.55.